The Morgan fingerprint density at radius 2 is 2.22 bits per heavy atom. The standard InChI is InChI=1S/C16H20F2N4O/c1-23-10-14-19-16(21-20-14)13-7-2-3-8-22(13)9-11-5-4-6-12(17)15(11)18/h4-6,13H,2-3,7-10H2,1H3,(H,19,20,21)/t13-/m0/s1. The molecule has 1 aliphatic rings. The van der Waals surface area contributed by atoms with Gasteiger partial charge in [-0.2, -0.15) is 5.10 Å². The van der Waals surface area contributed by atoms with Crippen LogP contribution in [0.3, 0.4) is 0 Å². The molecule has 0 radical (unpaired) electrons. The Labute approximate surface area is 133 Å². The monoisotopic (exact) mass is 322 g/mol. The molecule has 2 heterocycles. The number of rotatable bonds is 5. The van der Waals surface area contributed by atoms with Gasteiger partial charge < -0.3 is 4.74 Å². The van der Waals surface area contributed by atoms with Crippen LogP contribution in [0.25, 0.3) is 0 Å². The first kappa shape index (κ1) is 16.0. The van der Waals surface area contributed by atoms with Gasteiger partial charge in [0, 0.05) is 19.2 Å². The maximum Gasteiger partial charge on any atom is 0.167 e. The van der Waals surface area contributed by atoms with Crippen LogP contribution < -0.4 is 0 Å². The number of hydrogen-bond acceptors (Lipinski definition) is 4. The number of hydrogen-bond donors (Lipinski definition) is 1. The average Bonchev–Trinajstić information content (AvgIpc) is 3.01. The topological polar surface area (TPSA) is 54.0 Å². The SMILES string of the molecule is COCc1nc([C@@H]2CCCCN2Cc2cccc(F)c2F)n[nH]1. The molecule has 23 heavy (non-hydrogen) atoms. The molecule has 1 fully saturated rings. The first-order valence-corrected chi connectivity index (χ1v) is 7.76. The summed E-state index contributed by atoms with van der Waals surface area (Å²) in [5.74, 6) is -0.221. The molecule has 2 aromatic rings. The summed E-state index contributed by atoms with van der Waals surface area (Å²) in [6.45, 7) is 1.54. The van der Waals surface area contributed by atoms with Gasteiger partial charge in [0.05, 0.1) is 6.04 Å². The molecule has 3 rings (SSSR count). The lowest BCUT2D eigenvalue weighted by Gasteiger charge is -2.34. The fourth-order valence-electron chi connectivity index (χ4n) is 3.02. The largest absolute Gasteiger partial charge is 0.377 e. The summed E-state index contributed by atoms with van der Waals surface area (Å²) in [7, 11) is 1.60. The van der Waals surface area contributed by atoms with E-state index in [0.717, 1.165) is 31.9 Å². The Bertz CT molecular complexity index is 661. The average molecular weight is 322 g/mol. The van der Waals surface area contributed by atoms with Crippen molar-refractivity contribution in [3.63, 3.8) is 0 Å². The molecule has 1 atom stereocenters. The van der Waals surface area contributed by atoms with Crippen molar-refractivity contribution in [1.29, 1.82) is 0 Å². The molecule has 5 nitrogen and oxygen atoms in total. The van der Waals surface area contributed by atoms with Crippen LogP contribution in [0.15, 0.2) is 18.2 Å². The van der Waals surface area contributed by atoms with E-state index in [1.165, 1.54) is 6.07 Å². The molecule has 124 valence electrons. The lowest BCUT2D eigenvalue weighted by atomic mass is 10.0. The minimum absolute atomic E-state index is 0.00766. The van der Waals surface area contributed by atoms with Crippen molar-refractivity contribution in [2.24, 2.45) is 0 Å². The maximum atomic E-state index is 13.9. The molecule has 1 N–H and O–H groups in total. The van der Waals surface area contributed by atoms with Crippen molar-refractivity contribution in [1.82, 2.24) is 20.1 Å². The number of aromatic amines is 1. The predicted molar refractivity (Wildman–Crippen MR) is 80.5 cm³/mol. The van der Waals surface area contributed by atoms with E-state index in [1.807, 2.05) is 0 Å². The summed E-state index contributed by atoms with van der Waals surface area (Å²) in [5, 5.41) is 7.13. The van der Waals surface area contributed by atoms with Crippen LogP contribution in [0.5, 0.6) is 0 Å². The van der Waals surface area contributed by atoms with Crippen LogP contribution in [0.1, 0.15) is 42.5 Å². The van der Waals surface area contributed by atoms with E-state index in [4.69, 9.17) is 4.74 Å². The molecule has 1 saturated heterocycles. The Balaban J connectivity index is 1.79. The zero-order valence-corrected chi connectivity index (χ0v) is 13.1. The summed E-state index contributed by atoms with van der Waals surface area (Å²) in [4.78, 5) is 6.57. The lowest BCUT2D eigenvalue weighted by molar-refractivity contribution is 0.131. The Morgan fingerprint density at radius 1 is 1.35 bits per heavy atom. The highest BCUT2D eigenvalue weighted by molar-refractivity contribution is 5.19. The molecule has 0 spiro atoms. The number of H-pyrrole nitrogens is 1. The summed E-state index contributed by atoms with van der Waals surface area (Å²) < 4.78 is 32.4. The first-order chi connectivity index (χ1) is 11.2. The summed E-state index contributed by atoms with van der Waals surface area (Å²) in [5.41, 5.74) is 0.365. The van der Waals surface area contributed by atoms with Crippen LogP contribution in [-0.4, -0.2) is 33.7 Å². The van der Waals surface area contributed by atoms with E-state index in [0.29, 0.717) is 30.4 Å². The highest BCUT2D eigenvalue weighted by atomic mass is 19.2. The van der Waals surface area contributed by atoms with Crippen LogP contribution in [0.2, 0.25) is 0 Å². The van der Waals surface area contributed by atoms with Gasteiger partial charge in [-0.1, -0.05) is 18.6 Å². The Kier molecular flexibility index (Phi) is 4.97. The molecule has 0 saturated carbocycles. The van der Waals surface area contributed by atoms with Crippen LogP contribution in [0.4, 0.5) is 8.78 Å². The Hall–Kier alpha value is -1.86. The number of aromatic nitrogens is 3. The number of ether oxygens (including phenoxy) is 1. The normalized spacial score (nSPS) is 19.2. The van der Waals surface area contributed by atoms with E-state index in [-0.39, 0.29) is 6.04 Å². The fourth-order valence-corrected chi connectivity index (χ4v) is 3.02. The number of methoxy groups -OCH3 is 1. The van der Waals surface area contributed by atoms with Crippen molar-refractivity contribution in [2.75, 3.05) is 13.7 Å². The van der Waals surface area contributed by atoms with Crippen molar-refractivity contribution in [3.8, 4) is 0 Å². The number of piperidine rings is 1. The minimum atomic E-state index is -0.809. The zero-order valence-electron chi connectivity index (χ0n) is 13.1. The van der Waals surface area contributed by atoms with Crippen molar-refractivity contribution < 1.29 is 13.5 Å². The van der Waals surface area contributed by atoms with Gasteiger partial charge in [0.25, 0.3) is 0 Å². The van der Waals surface area contributed by atoms with Crippen molar-refractivity contribution >= 4 is 0 Å². The molecule has 0 aliphatic carbocycles. The van der Waals surface area contributed by atoms with Gasteiger partial charge in [-0.05, 0) is 25.5 Å². The predicted octanol–water partition coefficient (Wildman–Crippen LogP) is 2.96. The van der Waals surface area contributed by atoms with Gasteiger partial charge in [-0.15, -0.1) is 0 Å². The molecule has 7 heteroatoms. The number of likely N-dealkylation sites (tertiary alicyclic amines) is 1. The van der Waals surface area contributed by atoms with Gasteiger partial charge in [0.15, 0.2) is 23.3 Å². The summed E-state index contributed by atoms with van der Waals surface area (Å²) >= 11 is 0. The third kappa shape index (κ3) is 3.56. The highest BCUT2D eigenvalue weighted by Crippen LogP contribution is 2.30. The fraction of sp³-hybridized carbons (Fsp3) is 0.500. The van der Waals surface area contributed by atoms with Crippen molar-refractivity contribution in [3.05, 3.63) is 47.0 Å². The van der Waals surface area contributed by atoms with Gasteiger partial charge in [0.1, 0.15) is 6.61 Å². The maximum absolute atomic E-state index is 13.9. The van der Waals surface area contributed by atoms with Gasteiger partial charge in [-0.25, -0.2) is 13.8 Å². The molecular formula is C16H20F2N4O. The molecule has 1 aliphatic heterocycles. The second kappa shape index (κ2) is 7.14. The number of halogens is 2. The first-order valence-electron chi connectivity index (χ1n) is 7.76. The van der Waals surface area contributed by atoms with Crippen LogP contribution in [-0.2, 0) is 17.9 Å². The van der Waals surface area contributed by atoms with E-state index in [1.54, 1.807) is 13.2 Å². The highest BCUT2D eigenvalue weighted by Gasteiger charge is 2.28. The van der Waals surface area contributed by atoms with Crippen LogP contribution >= 0.6 is 0 Å². The molecule has 1 aromatic heterocycles. The molecule has 0 bridgehead atoms. The molecular weight excluding hydrogens is 302 g/mol. The van der Waals surface area contributed by atoms with Crippen molar-refractivity contribution in [2.45, 2.75) is 38.5 Å². The molecule has 1 aromatic carbocycles. The number of nitrogens with zero attached hydrogens (tertiary/aromatic N) is 3. The Morgan fingerprint density at radius 3 is 3.04 bits per heavy atom. The summed E-state index contributed by atoms with van der Waals surface area (Å²) in [6, 6.07) is 4.31. The second-order valence-corrected chi connectivity index (χ2v) is 5.77. The third-order valence-corrected chi connectivity index (χ3v) is 4.15. The van der Waals surface area contributed by atoms with E-state index >= 15 is 0 Å². The van der Waals surface area contributed by atoms with Gasteiger partial charge >= 0.3 is 0 Å². The van der Waals surface area contributed by atoms with Gasteiger partial charge in [0.2, 0.25) is 0 Å². The lowest BCUT2D eigenvalue weighted by Crippen LogP contribution is -2.34. The smallest absolute Gasteiger partial charge is 0.167 e. The molecule has 0 unspecified atom stereocenters. The van der Waals surface area contributed by atoms with Gasteiger partial charge in [-0.3, -0.25) is 10.00 Å². The summed E-state index contributed by atoms with van der Waals surface area (Å²) in [6.07, 6.45) is 3.00. The number of benzene rings is 1. The second-order valence-electron chi connectivity index (χ2n) is 5.77. The third-order valence-electron chi connectivity index (χ3n) is 4.15. The minimum Gasteiger partial charge on any atom is -0.377 e. The van der Waals surface area contributed by atoms with E-state index in [9.17, 15) is 8.78 Å². The van der Waals surface area contributed by atoms with Crippen LogP contribution in [0, 0.1) is 11.6 Å². The van der Waals surface area contributed by atoms with E-state index in [2.05, 4.69) is 20.1 Å². The zero-order chi connectivity index (χ0) is 16.2. The quantitative estimate of drug-likeness (QED) is 0.919. The molecule has 0 amide bonds. The number of nitrogens with one attached hydrogen (secondary N) is 1. The van der Waals surface area contributed by atoms with E-state index < -0.39 is 11.6 Å².